The predicted molar refractivity (Wildman–Crippen MR) is 125 cm³/mol. The van der Waals surface area contributed by atoms with Crippen LogP contribution in [0.3, 0.4) is 0 Å². The maximum atomic E-state index is 14.1. The summed E-state index contributed by atoms with van der Waals surface area (Å²) in [5.74, 6) is -0.00833. The Labute approximate surface area is 204 Å². The Bertz CT molecular complexity index is 1380. The van der Waals surface area contributed by atoms with Crippen molar-refractivity contribution < 1.29 is 17.6 Å². The van der Waals surface area contributed by atoms with Gasteiger partial charge in [0.05, 0.1) is 18.3 Å². The fourth-order valence-corrected chi connectivity index (χ4v) is 4.16. The molecule has 3 aromatic heterocycles. The van der Waals surface area contributed by atoms with Crippen molar-refractivity contribution in [3.8, 4) is 0 Å². The molecule has 13 heteroatoms. The van der Waals surface area contributed by atoms with Crippen LogP contribution in [0.1, 0.15) is 54.5 Å². The van der Waals surface area contributed by atoms with E-state index in [0.29, 0.717) is 35.9 Å². The lowest BCUT2D eigenvalue weighted by Gasteiger charge is -2.24. The van der Waals surface area contributed by atoms with Crippen LogP contribution in [0.15, 0.2) is 24.3 Å². The van der Waals surface area contributed by atoms with Gasteiger partial charge >= 0.3 is 6.18 Å². The number of nitrogens with zero attached hydrogens (tertiary/aromatic N) is 8. The fourth-order valence-electron chi connectivity index (χ4n) is 4.16. The van der Waals surface area contributed by atoms with Crippen LogP contribution in [-0.4, -0.2) is 34.7 Å². The van der Waals surface area contributed by atoms with Crippen molar-refractivity contribution in [3.63, 3.8) is 0 Å². The number of hydrogen-bond acceptors (Lipinski definition) is 7. The van der Waals surface area contributed by atoms with Crippen LogP contribution in [-0.2, 0) is 32.9 Å². The molecule has 0 saturated carbocycles. The van der Waals surface area contributed by atoms with E-state index in [1.807, 2.05) is 31.4 Å². The molecule has 4 aromatic rings. The zero-order chi connectivity index (χ0) is 26.2. The first kappa shape index (κ1) is 25.5. The monoisotopic (exact) mass is 505 g/mol. The minimum absolute atomic E-state index is 0.103. The van der Waals surface area contributed by atoms with Gasteiger partial charge < -0.3 is 15.2 Å². The minimum Gasteiger partial charge on any atom is -0.329 e. The molecule has 192 valence electrons. The molecular weight excluding hydrogens is 478 g/mol. The summed E-state index contributed by atoms with van der Waals surface area (Å²) in [5, 5.41) is 12.1. The summed E-state index contributed by atoms with van der Waals surface area (Å²) in [7, 11) is 1.57. The molecule has 0 bridgehead atoms. The maximum absolute atomic E-state index is 14.1. The number of rotatable bonds is 8. The minimum atomic E-state index is -4.68. The Morgan fingerprint density at radius 2 is 1.83 bits per heavy atom. The molecular formula is C23H27F4N9. The number of benzene rings is 1. The lowest BCUT2D eigenvalue weighted by atomic mass is 10.0. The summed E-state index contributed by atoms with van der Waals surface area (Å²) in [6.07, 6.45) is -4.06. The van der Waals surface area contributed by atoms with E-state index in [2.05, 4.69) is 20.4 Å². The third-order valence-corrected chi connectivity index (χ3v) is 5.93. The van der Waals surface area contributed by atoms with Crippen molar-refractivity contribution in [2.75, 3.05) is 4.90 Å². The number of anilines is 1. The molecule has 0 aliphatic heterocycles. The fraction of sp³-hybridized carbons (Fsp3) is 0.435. The smallest absolute Gasteiger partial charge is 0.329 e. The molecule has 0 aliphatic carbocycles. The number of aromatic nitrogens is 7. The normalized spacial score (nSPS) is 12.9. The van der Waals surface area contributed by atoms with Crippen LogP contribution in [0.5, 0.6) is 0 Å². The average Bonchev–Trinajstić information content (AvgIpc) is 3.38. The van der Waals surface area contributed by atoms with Crippen LogP contribution in [0, 0.1) is 12.7 Å². The Balaban J connectivity index is 1.79. The Morgan fingerprint density at radius 3 is 2.44 bits per heavy atom. The van der Waals surface area contributed by atoms with Crippen molar-refractivity contribution >= 4 is 17.1 Å². The van der Waals surface area contributed by atoms with Gasteiger partial charge in [0, 0.05) is 25.7 Å². The van der Waals surface area contributed by atoms with E-state index in [4.69, 9.17) is 10.7 Å². The number of tetrazole rings is 1. The SMILES string of the molecule is CCC(N)c1nc2c(cc1CN(Cc1cc(F)cc(C(F)(F)F)c1)c1nnn(C)n1)nc(C)n2CC. The zero-order valence-corrected chi connectivity index (χ0v) is 20.4. The molecule has 0 radical (unpaired) electrons. The van der Waals surface area contributed by atoms with Crippen molar-refractivity contribution in [1.82, 2.24) is 34.7 Å². The molecule has 0 fully saturated rings. The lowest BCUT2D eigenvalue weighted by molar-refractivity contribution is -0.137. The highest BCUT2D eigenvalue weighted by molar-refractivity contribution is 5.73. The summed E-state index contributed by atoms with van der Waals surface area (Å²) in [5.41, 5.74) is 8.20. The standard InChI is InChI=1S/C23H27F4N9/c1-5-18(28)20-15(9-19-21(30-20)36(6-2)13(3)29-19)12-35(22-31-33-34(4)32-22)11-14-7-16(23(25,26)27)10-17(24)8-14/h7-10,18H,5-6,11-12,28H2,1-4H3. The number of pyridine rings is 1. The molecule has 2 N–H and O–H groups in total. The molecule has 0 amide bonds. The molecule has 36 heavy (non-hydrogen) atoms. The Kier molecular flexibility index (Phi) is 6.94. The van der Waals surface area contributed by atoms with Gasteiger partial charge in [-0.05, 0) is 60.9 Å². The summed E-state index contributed by atoms with van der Waals surface area (Å²) in [6, 6.07) is 3.94. The first-order valence-corrected chi connectivity index (χ1v) is 11.5. The number of alkyl halides is 3. The van der Waals surface area contributed by atoms with E-state index in [9.17, 15) is 17.6 Å². The second-order valence-electron chi connectivity index (χ2n) is 8.57. The van der Waals surface area contributed by atoms with Gasteiger partial charge in [-0.15, -0.1) is 5.10 Å². The zero-order valence-electron chi connectivity index (χ0n) is 20.4. The van der Waals surface area contributed by atoms with Crippen LogP contribution in [0.25, 0.3) is 11.2 Å². The molecule has 3 heterocycles. The van der Waals surface area contributed by atoms with E-state index in [1.54, 1.807) is 11.9 Å². The quantitative estimate of drug-likeness (QED) is 0.360. The molecule has 0 spiro atoms. The molecule has 0 saturated heterocycles. The van der Waals surface area contributed by atoms with Crippen molar-refractivity contribution in [2.24, 2.45) is 12.8 Å². The number of hydrogen-bond donors (Lipinski definition) is 1. The topological polar surface area (TPSA) is 104 Å². The average molecular weight is 506 g/mol. The van der Waals surface area contributed by atoms with E-state index in [1.165, 1.54) is 4.80 Å². The lowest BCUT2D eigenvalue weighted by Crippen LogP contribution is -2.26. The predicted octanol–water partition coefficient (Wildman–Crippen LogP) is 4.06. The van der Waals surface area contributed by atoms with E-state index in [0.717, 1.165) is 23.5 Å². The third-order valence-electron chi connectivity index (χ3n) is 5.93. The van der Waals surface area contributed by atoms with E-state index < -0.39 is 17.6 Å². The van der Waals surface area contributed by atoms with Gasteiger partial charge in [0.25, 0.3) is 5.95 Å². The number of nitrogens with two attached hydrogens (primary N) is 1. The second kappa shape index (κ2) is 9.80. The first-order chi connectivity index (χ1) is 17.0. The summed E-state index contributed by atoms with van der Waals surface area (Å²) in [6.45, 7) is 6.56. The highest BCUT2D eigenvalue weighted by atomic mass is 19.4. The second-order valence-corrected chi connectivity index (χ2v) is 8.57. The molecule has 0 aliphatic rings. The van der Waals surface area contributed by atoms with E-state index >= 15 is 0 Å². The van der Waals surface area contributed by atoms with Gasteiger partial charge in [0.2, 0.25) is 0 Å². The number of aryl methyl sites for hydroxylation is 3. The largest absolute Gasteiger partial charge is 0.416 e. The number of imidazole rings is 1. The molecule has 9 nitrogen and oxygen atoms in total. The van der Waals surface area contributed by atoms with Crippen LogP contribution >= 0.6 is 0 Å². The van der Waals surface area contributed by atoms with Gasteiger partial charge in [0.15, 0.2) is 5.65 Å². The van der Waals surface area contributed by atoms with Gasteiger partial charge in [-0.3, -0.25) is 0 Å². The van der Waals surface area contributed by atoms with Gasteiger partial charge in [-0.25, -0.2) is 14.4 Å². The van der Waals surface area contributed by atoms with Gasteiger partial charge in [-0.1, -0.05) is 12.0 Å². The number of fused-ring (bicyclic) bond motifs is 1. The summed E-state index contributed by atoms with van der Waals surface area (Å²) >= 11 is 0. The van der Waals surface area contributed by atoms with Crippen LogP contribution in [0.2, 0.25) is 0 Å². The van der Waals surface area contributed by atoms with Crippen LogP contribution in [0.4, 0.5) is 23.5 Å². The van der Waals surface area contributed by atoms with Gasteiger partial charge in [-0.2, -0.15) is 18.0 Å². The number of halogens is 4. The maximum Gasteiger partial charge on any atom is 0.416 e. The molecule has 1 unspecified atom stereocenters. The highest BCUT2D eigenvalue weighted by Gasteiger charge is 2.31. The Hall–Kier alpha value is -3.61. The third kappa shape index (κ3) is 5.15. The molecule has 4 rings (SSSR count). The first-order valence-electron chi connectivity index (χ1n) is 11.5. The highest BCUT2D eigenvalue weighted by Crippen LogP contribution is 2.31. The van der Waals surface area contributed by atoms with Crippen molar-refractivity contribution in [3.05, 3.63) is 58.3 Å². The molecule has 1 aromatic carbocycles. The molecule has 1 atom stereocenters. The van der Waals surface area contributed by atoms with E-state index in [-0.39, 0.29) is 30.6 Å². The van der Waals surface area contributed by atoms with Crippen LogP contribution < -0.4 is 10.6 Å². The van der Waals surface area contributed by atoms with Gasteiger partial charge in [0.1, 0.15) is 17.2 Å². The van der Waals surface area contributed by atoms with Crippen molar-refractivity contribution in [1.29, 1.82) is 0 Å². The Morgan fingerprint density at radius 1 is 1.08 bits per heavy atom. The van der Waals surface area contributed by atoms with Crippen molar-refractivity contribution in [2.45, 2.75) is 59.0 Å². The summed E-state index contributed by atoms with van der Waals surface area (Å²) < 4.78 is 56.0. The summed E-state index contributed by atoms with van der Waals surface area (Å²) in [4.78, 5) is 12.3.